The fourth-order valence-corrected chi connectivity index (χ4v) is 3.51. The first-order chi connectivity index (χ1) is 14.6. The maximum absolute atomic E-state index is 12.9. The summed E-state index contributed by atoms with van der Waals surface area (Å²) < 4.78 is 10.2. The predicted molar refractivity (Wildman–Crippen MR) is 110 cm³/mol. The summed E-state index contributed by atoms with van der Waals surface area (Å²) in [4.78, 5) is 39.0. The lowest BCUT2D eigenvalue weighted by molar-refractivity contribution is -0.145. The van der Waals surface area contributed by atoms with Gasteiger partial charge in [0.15, 0.2) is 0 Å². The quantitative estimate of drug-likeness (QED) is 0.710. The van der Waals surface area contributed by atoms with E-state index in [1.54, 1.807) is 0 Å². The maximum atomic E-state index is 12.9. The SMILES string of the molecule is COC(=O)C(Cc1ccccc1)NC(=O)C1CCCN1C(=O)OCc1ccccc1. The van der Waals surface area contributed by atoms with Gasteiger partial charge in [-0.15, -0.1) is 0 Å². The Morgan fingerprint density at radius 1 is 1.03 bits per heavy atom. The van der Waals surface area contributed by atoms with Crippen molar-refractivity contribution in [1.29, 1.82) is 0 Å². The molecule has 0 radical (unpaired) electrons. The second-order valence-electron chi connectivity index (χ2n) is 7.17. The summed E-state index contributed by atoms with van der Waals surface area (Å²) in [6.07, 6.45) is 0.991. The molecule has 2 amide bonds. The summed E-state index contributed by atoms with van der Waals surface area (Å²) in [6.45, 7) is 0.580. The molecule has 1 fully saturated rings. The van der Waals surface area contributed by atoms with Crippen molar-refractivity contribution in [1.82, 2.24) is 10.2 Å². The number of likely N-dealkylation sites (tertiary alicyclic amines) is 1. The molecule has 7 heteroatoms. The van der Waals surface area contributed by atoms with Crippen molar-refractivity contribution in [2.75, 3.05) is 13.7 Å². The van der Waals surface area contributed by atoms with Gasteiger partial charge in [-0.05, 0) is 24.0 Å². The normalized spacial score (nSPS) is 16.6. The number of amides is 2. The highest BCUT2D eigenvalue weighted by Crippen LogP contribution is 2.19. The van der Waals surface area contributed by atoms with Crippen molar-refractivity contribution in [3.05, 3.63) is 71.8 Å². The molecule has 1 N–H and O–H groups in total. The maximum Gasteiger partial charge on any atom is 0.410 e. The van der Waals surface area contributed by atoms with E-state index >= 15 is 0 Å². The topological polar surface area (TPSA) is 84.9 Å². The fourth-order valence-electron chi connectivity index (χ4n) is 3.51. The molecule has 3 rings (SSSR count). The molecular formula is C23H26N2O5. The van der Waals surface area contributed by atoms with E-state index in [4.69, 9.17) is 9.47 Å². The molecule has 2 aromatic rings. The third-order valence-corrected chi connectivity index (χ3v) is 5.08. The number of methoxy groups -OCH3 is 1. The molecule has 1 aliphatic rings. The first-order valence-electron chi connectivity index (χ1n) is 9.98. The largest absolute Gasteiger partial charge is 0.467 e. The van der Waals surface area contributed by atoms with Gasteiger partial charge in [-0.3, -0.25) is 9.69 Å². The summed E-state index contributed by atoms with van der Waals surface area (Å²) in [5.41, 5.74) is 1.78. The zero-order valence-corrected chi connectivity index (χ0v) is 17.0. The summed E-state index contributed by atoms with van der Waals surface area (Å²) in [5.74, 6) is -0.904. The number of carbonyl (C=O) groups is 3. The molecule has 7 nitrogen and oxygen atoms in total. The van der Waals surface area contributed by atoms with Crippen LogP contribution in [0.25, 0.3) is 0 Å². The Hall–Kier alpha value is -3.35. The summed E-state index contributed by atoms with van der Waals surface area (Å²) in [6, 6.07) is 17.2. The second kappa shape index (κ2) is 10.4. The molecule has 0 bridgehead atoms. The van der Waals surface area contributed by atoms with Crippen molar-refractivity contribution in [2.24, 2.45) is 0 Å². The molecule has 2 unspecified atom stereocenters. The van der Waals surface area contributed by atoms with E-state index in [0.29, 0.717) is 25.8 Å². The van der Waals surface area contributed by atoms with Crippen LogP contribution in [0.15, 0.2) is 60.7 Å². The van der Waals surface area contributed by atoms with Crippen LogP contribution in [-0.4, -0.2) is 48.6 Å². The number of benzene rings is 2. The van der Waals surface area contributed by atoms with Gasteiger partial charge in [0.25, 0.3) is 0 Å². The van der Waals surface area contributed by atoms with E-state index in [-0.39, 0.29) is 12.5 Å². The van der Waals surface area contributed by atoms with Gasteiger partial charge in [-0.2, -0.15) is 0 Å². The predicted octanol–water partition coefficient (Wildman–Crippen LogP) is 2.69. The highest BCUT2D eigenvalue weighted by molar-refractivity contribution is 5.90. The van der Waals surface area contributed by atoms with Gasteiger partial charge in [0.1, 0.15) is 18.7 Å². The smallest absolute Gasteiger partial charge is 0.410 e. The Labute approximate surface area is 176 Å². The molecule has 1 heterocycles. The summed E-state index contributed by atoms with van der Waals surface area (Å²) in [5, 5.41) is 2.75. The lowest BCUT2D eigenvalue weighted by Gasteiger charge is -2.25. The van der Waals surface area contributed by atoms with Crippen LogP contribution in [0.1, 0.15) is 24.0 Å². The van der Waals surface area contributed by atoms with E-state index in [0.717, 1.165) is 11.1 Å². The lowest BCUT2D eigenvalue weighted by Crippen LogP contribution is -2.51. The number of hydrogen-bond donors (Lipinski definition) is 1. The summed E-state index contributed by atoms with van der Waals surface area (Å²) in [7, 11) is 1.29. The standard InChI is InChI=1S/C23H26N2O5/c1-29-22(27)19(15-17-9-4-2-5-10-17)24-21(26)20-13-8-14-25(20)23(28)30-16-18-11-6-3-7-12-18/h2-7,9-12,19-20H,8,13-16H2,1H3,(H,24,26). The highest BCUT2D eigenvalue weighted by Gasteiger charge is 2.37. The van der Waals surface area contributed by atoms with Crippen LogP contribution in [0.5, 0.6) is 0 Å². The van der Waals surface area contributed by atoms with Crippen molar-refractivity contribution in [2.45, 2.75) is 38.0 Å². The minimum atomic E-state index is -0.826. The van der Waals surface area contributed by atoms with E-state index < -0.39 is 24.1 Å². The third kappa shape index (κ3) is 5.59. The fraction of sp³-hybridized carbons (Fsp3) is 0.348. The number of nitrogens with one attached hydrogen (secondary N) is 1. The van der Waals surface area contributed by atoms with Gasteiger partial charge in [-0.25, -0.2) is 9.59 Å². The van der Waals surface area contributed by atoms with Gasteiger partial charge in [0.2, 0.25) is 5.91 Å². The Balaban J connectivity index is 1.61. The van der Waals surface area contributed by atoms with E-state index in [9.17, 15) is 14.4 Å². The zero-order chi connectivity index (χ0) is 21.3. The molecular weight excluding hydrogens is 384 g/mol. The molecule has 1 saturated heterocycles. The minimum absolute atomic E-state index is 0.142. The molecule has 0 spiro atoms. The Bertz CT molecular complexity index is 856. The highest BCUT2D eigenvalue weighted by atomic mass is 16.6. The second-order valence-corrected chi connectivity index (χ2v) is 7.17. The van der Waals surface area contributed by atoms with E-state index in [1.807, 2.05) is 60.7 Å². The molecule has 2 atom stereocenters. The molecule has 0 aromatic heterocycles. The van der Waals surface area contributed by atoms with Gasteiger partial charge in [0.05, 0.1) is 7.11 Å². The van der Waals surface area contributed by atoms with Gasteiger partial charge in [-0.1, -0.05) is 60.7 Å². The monoisotopic (exact) mass is 410 g/mol. The Morgan fingerprint density at radius 3 is 2.30 bits per heavy atom. The molecule has 30 heavy (non-hydrogen) atoms. The van der Waals surface area contributed by atoms with Crippen LogP contribution < -0.4 is 5.32 Å². The van der Waals surface area contributed by atoms with Crippen molar-refractivity contribution >= 4 is 18.0 Å². The number of rotatable bonds is 7. The Kier molecular flexibility index (Phi) is 7.43. The van der Waals surface area contributed by atoms with Crippen LogP contribution in [0.3, 0.4) is 0 Å². The molecule has 1 aliphatic heterocycles. The van der Waals surface area contributed by atoms with Crippen LogP contribution in [0.2, 0.25) is 0 Å². The number of esters is 1. The van der Waals surface area contributed by atoms with Gasteiger partial charge < -0.3 is 14.8 Å². The average Bonchev–Trinajstić information content (AvgIpc) is 3.28. The van der Waals surface area contributed by atoms with Crippen LogP contribution in [0, 0.1) is 0 Å². The molecule has 158 valence electrons. The Morgan fingerprint density at radius 2 is 1.67 bits per heavy atom. The molecule has 2 aromatic carbocycles. The molecule has 0 saturated carbocycles. The van der Waals surface area contributed by atoms with Crippen LogP contribution >= 0.6 is 0 Å². The van der Waals surface area contributed by atoms with Crippen molar-refractivity contribution in [3.63, 3.8) is 0 Å². The van der Waals surface area contributed by atoms with E-state index in [1.165, 1.54) is 12.0 Å². The van der Waals surface area contributed by atoms with Crippen LogP contribution in [0.4, 0.5) is 4.79 Å². The van der Waals surface area contributed by atoms with Crippen LogP contribution in [-0.2, 0) is 32.1 Å². The number of nitrogens with zero attached hydrogens (tertiary/aromatic N) is 1. The minimum Gasteiger partial charge on any atom is -0.467 e. The number of ether oxygens (including phenoxy) is 2. The first kappa shape index (κ1) is 21.4. The number of hydrogen-bond acceptors (Lipinski definition) is 5. The number of carbonyl (C=O) groups excluding carboxylic acids is 3. The zero-order valence-electron chi connectivity index (χ0n) is 17.0. The van der Waals surface area contributed by atoms with Crippen molar-refractivity contribution < 1.29 is 23.9 Å². The lowest BCUT2D eigenvalue weighted by atomic mass is 10.1. The average molecular weight is 410 g/mol. The summed E-state index contributed by atoms with van der Waals surface area (Å²) >= 11 is 0. The van der Waals surface area contributed by atoms with Gasteiger partial charge in [0, 0.05) is 13.0 Å². The van der Waals surface area contributed by atoms with E-state index in [2.05, 4.69) is 5.32 Å². The van der Waals surface area contributed by atoms with Gasteiger partial charge >= 0.3 is 12.1 Å². The van der Waals surface area contributed by atoms with Crippen molar-refractivity contribution in [3.8, 4) is 0 Å². The third-order valence-electron chi connectivity index (χ3n) is 5.08. The first-order valence-corrected chi connectivity index (χ1v) is 9.98. The molecule has 0 aliphatic carbocycles.